The molecule has 0 fully saturated rings. The highest BCUT2D eigenvalue weighted by Crippen LogP contribution is 2.27. The van der Waals surface area contributed by atoms with E-state index in [2.05, 4.69) is 10.00 Å². The molecule has 1 atom stereocenters. The Morgan fingerprint density at radius 2 is 2.25 bits per heavy atom. The molecule has 1 aromatic heterocycles. The fourth-order valence-corrected chi connectivity index (χ4v) is 2.75. The molecule has 1 aromatic carbocycles. The lowest BCUT2D eigenvalue weighted by Gasteiger charge is -2.32. The van der Waals surface area contributed by atoms with Crippen LogP contribution >= 0.6 is 0 Å². The predicted molar refractivity (Wildman–Crippen MR) is 75.2 cm³/mol. The molecule has 0 amide bonds. The number of nitrogens with zero attached hydrogens (tertiary/aromatic N) is 3. The van der Waals surface area contributed by atoms with E-state index < -0.39 is 6.10 Å². The van der Waals surface area contributed by atoms with Gasteiger partial charge in [0.1, 0.15) is 5.82 Å². The van der Waals surface area contributed by atoms with Crippen molar-refractivity contribution < 1.29 is 9.50 Å². The number of aryl methyl sites for hydroxylation is 1. The van der Waals surface area contributed by atoms with Crippen molar-refractivity contribution in [3.8, 4) is 0 Å². The van der Waals surface area contributed by atoms with Crippen LogP contribution in [0.4, 0.5) is 10.1 Å². The van der Waals surface area contributed by atoms with Gasteiger partial charge in [0.05, 0.1) is 12.6 Å². The average Bonchev–Trinajstić information content (AvgIpc) is 2.92. The molecule has 1 aliphatic heterocycles. The second-order valence-corrected chi connectivity index (χ2v) is 5.20. The van der Waals surface area contributed by atoms with Crippen LogP contribution in [0.2, 0.25) is 0 Å². The highest BCUT2D eigenvalue weighted by atomic mass is 19.1. The molecule has 0 saturated carbocycles. The minimum Gasteiger partial charge on any atom is -0.389 e. The zero-order chi connectivity index (χ0) is 13.9. The third kappa shape index (κ3) is 2.82. The number of hydrogen-bond acceptors (Lipinski definition) is 3. The first-order valence-corrected chi connectivity index (χ1v) is 6.91. The minimum absolute atomic E-state index is 0.225. The minimum atomic E-state index is -0.524. The van der Waals surface area contributed by atoms with Crippen LogP contribution < -0.4 is 4.90 Å². The Bertz CT molecular complexity index is 571. The fourth-order valence-electron chi connectivity index (χ4n) is 2.75. The lowest BCUT2D eigenvalue weighted by molar-refractivity contribution is 0.154. The summed E-state index contributed by atoms with van der Waals surface area (Å²) in [6.07, 6.45) is 5.00. The summed E-state index contributed by atoms with van der Waals surface area (Å²) in [6, 6.07) is 6.74. The molecule has 2 aromatic rings. The highest BCUT2D eigenvalue weighted by molar-refractivity contribution is 5.55. The molecule has 0 aliphatic carbocycles. The number of halogens is 1. The quantitative estimate of drug-likeness (QED) is 0.925. The molecule has 20 heavy (non-hydrogen) atoms. The van der Waals surface area contributed by atoms with Crippen molar-refractivity contribution in [2.75, 3.05) is 18.0 Å². The number of β-amino-alcohol motifs (C(OH)–C–C–N with tert-alkyl or cyclic N) is 1. The molecule has 0 bridgehead atoms. The summed E-state index contributed by atoms with van der Waals surface area (Å²) in [7, 11) is 0. The third-order valence-corrected chi connectivity index (χ3v) is 3.65. The van der Waals surface area contributed by atoms with Gasteiger partial charge in [-0.15, -0.1) is 0 Å². The third-order valence-electron chi connectivity index (χ3n) is 3.65. The summed E-state index contributed by atoms with van der Waals surface area (Å²) in [6.45, 7) is 1.80. The van der Waals surface area contributed by atoms with Gasteiger partial charge in [0.25, 0.3) is 0 Å². The van der Waals surface area contributed by atoms with E-state index in [1.54, 1.807) is 16.9 Å². The van der Waals surface area contributed by atoms with Gasteiger partial charge in [-0.1, -0.05) is 6.07 Å². The average molecular weight is 275 g/mol. The van der Waals surface area contributed by atoms with Crippen molar-refractivity contribution in [1.82, 2.24) is 9.78 Å². The van der Waals surface area contributed by atoms with Gasteiger partial charge >= 0.3 is 0 Å². The molecule has 0 radical (unpaired) electrons. The standard InChI is InChI=1S/C15H18FN3O/c16-13-5-4-12-3-1-7-18(15(12)9-13)10-14(20)11-19-8-2-6-17-19/h2,4-6,8-9,14,20H,1,3,7,10-11H2/t14-/m1/s1. The van der Waals surface area contributed by atoms with Crippen LogP contribution in [-0.2, 0) is 13.0 Å². The number of rotatable bonds is 4. The molecule has 5 heteroatoms. The summed E-state index contributed by atoms with van der Waals surface area (Å²) < 4.78 is 15.1. The molecule has 106 valence electrons. The lowest BCUT2D eigenvalue weighted by atomic mass is 10.0. The van der Waals surface area contributed by atoms with E-state index in [0.717, 1.165) is 30.6 Å². The maximum atomic E-state index is 13.4. The summed E-state index contributed by atoms with van der Waals surface area (Å²) in [5.74, 6) is -0.225. The lowest BCUT2D eigenvalue weighted by Crippen LogP contribution is -2.38. The highest BCUT2D eigenvalue weighted by Gasteiger charge is 2.20. The SMILES string of the molecule is O[C@H](CN1CCCc2ccc(F)cc21)Cn1cccn1. The Balaban J connectivity index is 1.71. The van der Waals surface area contributed by atoms with Gasteiger partial charge in [0.2, 0.25) is 0 Å². The van der Waals surface area contributed by atoms with E-state index in [1.165, 1.54) is 6.07 Å². The van der Waals surface area contributed by atoms with Gasteiger partial charge in [0.15, 0.2) is 0 Å². The smallest absolute Gasteiger partial charge is 0.125 e. The molecule has 3 rings (SSSR count). The Hall–Kier alpha value is -1.88. The summed E-state index contributed by atoms with van der Waals surface area (Å²) >= 11 is 0. The van der Waals surface area contributed by atoms with Crippen LogP contribution in [0.25, 0.3) is 0 Å². The first-order chi connectivity index (χ1) is 9.72. The Morgan fingerprint density at radius 1 is 1.35 bits per heavy atom. The molecule has 1 N–H and O–H groups in total. The normalized spacial score (nSPS) is 16.0. The van der Waals surface area contributed by atoms with E-state index in [0.29, 0.717) is 13.1 Å². The Labute approximate surface area is 117 Å². The van der Waals surface area contributed by atoms with Gasteiger partial charge in [-0.25, -0.2) is 4.39 Å². The molecular weight excluding hydrogens is 257 g/mol. The van der Waals surface area contributed by atoms with Crippen molar-refractivity contribution in [1.29, 1.82) is 0 Å². The first-order valence-electron chi connectivity index (χ1n) is 6.91. The van der Waals surface area contributed by atoms with E-state index in [-0.39, 0.29) is 5.82 Å². The number of hydrogen-bond donors (Lipinski definition) is 1. The largest absolute Gasteiger partial charge is 0.389 e. The molecule has 4 nitrogen and oxygen atoms in total. The zero-order valence-electron chi connectivity index (χ0n) is 11.2. The maximum Gasteiger partial charge on any atom is 0.125 e. The van der Waals surface area contributed by atoms with Crippen molar-refractivity contribution >= 4 is 5.69 Å². The molecule has 0 spiro atoms. The number of benzene rings is 1. The van der Waals surface area contributed by atoms with Gasteiger partial charge in [0, 0.05) is 31.2 Å². The molecular formula is C15H18FN3O. The van der Waals surface area contributed by atoms with Gasteiger partial charge in [-0.3, -0.25) is 4.68 Å². The monoisotopic (exact) mass is 275 g/mol. The number of aliphatic hydroxyl groups excluding tert-OH is 1. The molecule has 1 aliphatic rings. The van der Waals surface area contributed by atoms with Crippen LogP contribution in [0.3, 0.4) is 0 Å². The number of aliphatic hydroxyl groups is 1. The fraction of sp³-hybridized carbons (Fsp3) is 0.400. The van der Waals surface area contributed by atoms with E-state index in [9.17, 15) is 9.50 Å². The van der Waals surface area contributed by atoms with Crippen LogP contribution in [0.1, 0.15) is 12.0 Å². The second kappa shape index (κ2) is 5.63. The van der Waals surface area contributed by atoms with Crippen molar-refractivity contribution in [3.63, 3.8) is 0 Å². The van der Waals surface area contributed by atoms with Crippen LogP contribution in [0, 0.1) is 5.82 Å². The summed E-state index contributed by atoms with van der Waals surface area (Å²) in [5.41, 5.74) is 2.07. The van der Waals surface area contributed by atoms with Gasteiger partial charge in [-0.05, 0) is 36.6 Å². The number of fused-ring (bicyclic) bond motifs is 1. The van der Waals surface area contributed by atoms with Crippen molar-refractivity contribution in [2.45, 2.75) is 25.5 Å². The van der Waals surface area contributed by atoms with Crippen LogP contribution in [-0.4, -0.2) is 34.1 Å². The molecule has 2 heterocycles. The van der Waals surface area contributed by atoms with E-state index in [1.807, 2.05) is 18.3 Å². The summed E-state index contributed by atoms with van der Waals surface area (Å²) in [4.78, 5) is 2.07. The second-order valence-electron chi connectivity index (χ2n) is 5.20. The maximum absolute atomic E-state index is 13.4. The van der Waals surface area contributed by atoms with Gasteiger partial charge in [-0.2, -0.15) is 5.10 Å². The van der Waals surface area contributed by atoms with Crippen LogP contribution in [0.15, 0.2) is 36.7 Å². The molecule has 0 unspecified atom stereocenters. The Morgan fingerprint density at radius 3 is 3.05 bits per heavy atom. The number of aromatic nitrogens is 2. The topological polar surface area (TPSA) is 41.3 Å². The van der Waals surface area contributed by atoms with E-state index >= 15 is 0 Å². The summed E-state index contributed by atoms with van der Waals surface area (Å²) in [5, 5.41) is 14.3. The molecule has 0 saturated heterocycles. The first kappa shape index (κ1) is 13.1. The van der Waals surface area contributed by atoms with Gasteiger partial charge < -0.3 is 10.0 Å². The zero-order valence-corrected chi connectivity index (χ0v) is 11.2. The predicted octanol–water partition coefficient (Wildman–Crippen LogP) is 1.84. The number of anilines is 1. The van der Waals surface area contributed by atoms with Crippen LogP contribution in [0.5, 0.6) is 0 Å². The Kier molecular flexibility index (Phi) is 3.69. The van der Waals surface area contributed by atoms with E-state index in [4.69, 9.17) is 0 Å². The van der Waals surface area contributed by atoms with Crippen molar-refractivity contribution in [3.05, 3.63) is 48.0 Å². The van der Waals surface area contributed by atoms with Crippen molar-refractivity contribution in [2.24, 2.45) is 0 Å².